The van der Waals surface area contributed by atoms with E-state index in [2.05, 4.69) is 15.0 Å². The third kappa shape index (κ3) is 2.69. The summed E-state index contributed by atoms with van der Waals surface area (Å²) in [6.07, 6.45) is 2.77. The fraction of sp³-hybridized carbons (Fsp3) is 0.500. The summed E-state index contributed by atoms with van der Waals surface area (Å²) in [5.74, 6) is 0.356. The predicted octanol–water partition coefficient (Wildman–Crippen LogP) is 0.551. The summed E-state index contributed by atoms with van der Waals surface area (Å²) < 4.78 is 32.7. The number of amidine groups is 1. The molecule has 1 aromatic rings. The van der Waals surface area contributed by atoms with E-state index in [1.54, 1.807) is 24.3 Å². The quantitative estimate of drug-likeness (QED) is 0.815. The summed E-state index contributed by atoms with van der Waals surface area (Å²) in [6, 6.07) is 6.39. The normalized spacial score (nSPS) is 33.1. The fourth-order valence-electron chi connectivity index (χ4n) is 3.58. The fourth-order valence-corrected chi connectivity index (χ4v) is 4.82. The van der Waals surface area contributed by atoms with E-state index in [-0.39, 0.29) is 29.0 Å². The maximum atomic E-state index is 12.2. The first-order chi connectivity index (χ1) is 11.5. The molecule has 3 aliphatic rings. The Labute approximate surface area is 140 Å². The number of benzene rings is 1. The molecule has 8 heteroatoms. The number of amides is 1. The molecule has 128 valence electrons. The van der Waals surface area contributed by atoms with E-state index in [9.17, 15) is 13.2 Å². The number of aliphatic imine (C=N–C) groups is 1. The van der Waals surface area contributed by atoms with Crippen molar-refractivity contribution in [3.8, 4) is 0 Å². The van der Waals surface area contributed by atoms with Crippen molar-refractivity contribution in [3.63, 3.8) is 0 Å². The van der Waals surface area contributed by atoms with Gasteiger partial charge in [-0.1, -0.05) is 12.1 Å². The average molecular weight is 349 g/mol. The lowest BCUT2D eigenvalue weighted by molar-refractivity contribution is -0.125. The molecule has 0 radical (unpaired) electrons. The second-order valence-corrected chi connectivity index (χ2v) is 7.98. The van der Waals surface area contributed by atoms with Gasteiger partial charge in [0.25, 0.3) is 10.0 Å². The van der Waals surface area contributed by atoms with Crippen LogP contribution in [-0.2, 0) is 19.6 Å². The minimum atomic E-state index is -3.55. The maximum absolute atomic E-state index is 12.2. The zero-order valence-corrected chi connectivity index (χ0v) is 13.9. The molecule has 1 aromatic carbocycles. The van der Waals surface area contributed by atoms with Gasteiger partial charge >= 0.3 is 0 Å². The van der Waals surface area contributed by atoms with Gasteiger partial charge in [-0.25, -0.2) is 8.42 Å². The molecule has 0 spiro atoms. The molecule has 4 rings (SSSR count). The minimum Gasteiger partial charge on any atom is -0.376 e. The van der Waals surface area contributed by atoms with Crippen LogP contribution >= 0.6 is 0 Å². The monoisotopic (exact) mass is 349 g/mol. The van der Waals surface area contributed by atoms with Gasteiger partial charge in [0.1, 0.15) is 5.84 Å². The van der Waals surface area contributed by atoms with Gasteiger partial charge in [-0.2, -0.15) is 0 Å². The largest absolute Gasteiger partial charge is 0.376 e. The highest BCUT2D eigenvalue weighted by Gasteiger charge is 2.38. The highest BCUT2D eigenvalue weighted by molar-refractivity contribution is 7.90. The van der Waals surface area contributed by atoms with Gasteiger partial charge in [0.15, 0.2) is 0 Å². The van der Waals surface area contributed by atoms with Gasteiger partial charge in [-0.05, 0) is 31.4 Å². The van der Waals surface area contributed by atoms with Crippen LogP contribution in [0.4, 0.5) is 0 Å². The molecular weight excluding hydrogens is 330 g/mol. The molecule has 24 heavy (non-hydrogen) atoms. The summed E-state index contributed by atoms with van der Waals surface area (Å²) >= 11 is 0. The Morgan fingerprint density at radius 3 is 2.83 bits per heavy atom. The van der Waals surface area contributed by atoms with Crippen LogP contribution in [0.1, 0.15) is 31.2 Å². The van der Waals surface area contributed by atoms with Crippen LogP contribution in [0.3, 0.4) is 0 Å². The van der Waals surface area contributed by atoms with E-state index in [4.69, 9.17) is 4.74 Å². The SMILES string of the molecule is O=C1CC[C@H](N=C2NS(=O)(=O)c3ccccc32)[C@@H](C2CCCO2)N1. The first kappa shape index (κ1) is 15.6. The highest BCUT2D eigenvalue weighted by atomic mass is 32.2. The summed E-state index contributed by atoms with van der Waals surface area (Å²) in [5.41, 5.74) is 0.584. The van der Waals surface area contributed by atoms with E-state index in [0.29, 0.717) is 30.8 Å². The summed E-state index contributed by atoms with van der Waals surface area (Å²) in [5, 5.41) is 2.98. The molecular formula is C16H19N3O4S. The van der Waals surface area contributed by atoms with Crippen LogP contribution in [0.25, 0.3) is 0 Å². The second-order valence-electron chi connectivity index (χ2n) is 6.33. The van der Waals surface area contributed by atoms with E-state index >= 15 is 0 Å². The smallest absolute Gasteiger partial charge is 0.263 e. The number of hydrogen-bond acceptors (Lipinski definition) is 5. The van der Waals surface area contributed by atoms with Crippen LogP contribution in [0.5, 0.6) is 0 Å². The van der Waals surface area contributed by atoms with Crippen molar-refractivity contribution in [1.29, 1.82) is 0 Å². The van der Waals surface area contributed by atoms with Crippen molar-refractivity contribution < 1.29 is 17.9 Å². The van der Waals surface area contributed by atoms with Crippen molar-refractivity contribution in [3.05, 3.63) is 29.8 Å². The number of sulfonamides is 1. The summed E-state index contributed by atoms with van der Waals surface area (Å²) in [6.45, 7) is 0.690. The van der Waals surface area contributed by atoms with Crippen molar-refractivity contribution >= 4 is 21.8 Å². The lowest BCUT2D eigenvalue weighted by Crippen LogP contribution is -2.54. The Bertz CT molecular complexity index is 799. The van der Waals surface area contributed by atoms with Crippen molar-refractivity contribution in [2.24, 2.45) is 4.99 Å². The molecule has 2 N–H and O–H groups in total. The molecule has 3 atom stereocenters. The molecule has 3 aliphatic heterocycles. The molecule has 0 saturated carbocycles. The molecule has 2 fully saturated rings. The maximum Gasteiger partial charge on any atom is 0.263 e. The number of fused-ring (bicyclic) bond motifs is 1. The number of ether oxygens (including phenoxy) is 1. The molecule has 1 amide bonds. The van der Waals surface area contributed by atoms with Crippen LogP contribution in [0, 0.1) is 0 Å². The number of nitrogens with one attached hydrogen (secondary N) is 2. The van der Waals surface area contributed by atoms with Gasteiger partial charge in [0, 0.05) is 18.6 Å². The Morgan fingerprint density at radius 2 is 2.04 bits per heavy atom. The molecule has 1 unspecified atom stereocenters. The summed E-state index contributed by atoms with van der Waals surface area (Å²) in [7, 11) is -3.55. The topological polar surface area (TPSA) is 96.9 Å². The third-order valence-electron chi connectivity index (χ3n) is 4.73. The molecule has 0 aliphatic carbocycles. The minimum absolute atomic E-state index is 0.000599. The lowest BCUT2D eigenvalue weighted by atomic mass is 9.92. The molecule has 2 saturated heterocycles. The van der Waals surface area contributed by atoms with Gasteiger partial charge in [-0.15, -0.1) is 0 Å². The van der Waals surface area contributed by atoms with E-state index < -0.39 is 10.0 Å². The lowest BCUT2D eigenvalue weighted by Gasteiger charge is -2.33. The molecule has 7 nitrogen and oxygen atoms in total. The molecule has 0 bridgehead atoms. The van der Waals surface area contributed by atoms with Crippen LogP contribution in [-0.4, -0.2) is 45.0 Å². The number of rotatable bonds is 2. The summed E-state index contributed by atoms with van der Waals surface area (Å²) in [4.78, 5) is 16.7. The van der Waals surface area contributed by atoms with Crippen molar-refractivity contribution in [2.75, 3.05) is 6.61 Å². The zero-order chi connectivity index (χ0) is 16.7. The number of nitrogens with zero attached hydrogens (tertiary/aromatic N) is 1. The van der Waals surface area contributed by atoms with Crippen LogP contribution in [0.15, 0.2) is 34.2 Å². The van der Waals surface area contributed by atoms with Crippen LogP contribution < -0.4 is 10.0 Å². The van der Waals surface area contributed by atoms with Gasteiger partial charge in [0.2, 0.25) is 5.91 Å². The zero-order valence-electron chi connectivity index (χ0n) is 13.1. The first-order valence-corrected chi connectivity index (χ1v) is 9.64. The van der Waals surface area contributed by atoms with E-state index in [1.165, 1.54) is 0 Å². The molecule has 0 aromatic heterocycles. The van der Waals surface area contributed by atoms with E-state index in [0.717, 1.165) is 12.8 Å². The van der Waals surface area contributed by atoms with Crippen molar-refractivity contribution in [2.45, 2.75) is 48.8 Å². The molecule has 3 heterocycles. The van der Waals surface area contributed by atoms with E-state index in [1.807, 2.05) is 0 Å². The van der Waals surface area contributed by atoms with Crippen molar-refractivity contribution in [1.82, 2.24) is 10.0 Å². The highest BCUT2D eigenvalue weighted by Crippen LogP contribution is 2.27. The number of piperidine rings is 1. The van der Waals surface area contributed by atoms with Gasteiger partial charge in [-0.3, -0.25) is 14.5 Å². The Morgan fingerprint density at radius 1 is 1.21 bits per heavy atom. The Kier molecular flexibility index (Phi) is 3.80. The number of carbonyl (C=O) groups is 1. The predicted molar refractivity (Wildman–Crippen MR) is 87.2 cm³/mol. The first-order valence-electron chi connectivity index (χ1n) is 8.15. The Balaban J connectivity index is 1.67. The van der Waals surface area contributed by atoms with Gasteiger partial charge in [0.05, 0.1) is 23.1 Å². The van der Waals surface area contributed by atoms with Crippen LogP contribution in [0.2, 0.25) is 0 Å². The second kappa shape index (κ2) is 5.86. The third-order valence-corrected chi connectivity index (χ3v) is 6.13. The number of carbonyl (C=O) groups excluding carboxylic acids is 1. The average Bonchev–Trinajstić information content (AvgIpc) is 3.17. The standard InChI is InChI=1S/C16H19N3O4S/c20-14-8-7-11(15(18-14)12-5-3-9-23-12)17-16-10-4-1-2-6-13(10)24(21,22)19-16/h1-2,4,6,11-12,15H,3,5,7-9H2,(H,17,19)(H,18,20)/t11-,12?,15-/m0/s1. The number of hydrogen-bond donors (Lipinski definition) is 2. The van der Waals surface area contributed by atoms with Gasteiger partial charge < -0.3 is 10.1 Å². The Hall–Kier alpha value is -1.93.